The van der Waals surface area contributed by atoms with Gasteiger partial charge < -0.3 is 0 Å². The van der Waals surface area contributed by atoms with Crippen LogP contribution in [0.1, 0.15) is 64.2 Å². The molecule has 0 nitrogen and oxygen atoms in total. The number of fused-ring (bicyclic) bond motifs is 11. The molecule has 0 aromatic heterocycles. The molecule has 0 radical (unpaired) electrons. The van der Waals surface area contributed by atoms with Crippen molar-refractivity contribution in [2.75, 3.05) is 0 Å². The molecule has 10 atom stereocenters. The summed E-state index contributed by atoms with van der Waals surface area (Å²) in [6, 6.07) is 0. The van der Waals surface area contributed by atoms with E-state index in [-0.39, 0.29) is 0 Å². The van der Waals surface area contributed by atoms with E-state index >= 15 is 0 Å². The van der Waals surface area contributed by atoms with Gasteiger partial charge in [-0.1, -0.05) is 19.3 Å². The van der Waals surface area contributed by atoms with Gasteiger partial charge in [0.15, 0.2) is 0 Å². The molecule has 0 spiro atoms. The fourth-order valence-electron chi connectivity index (χ4n) is 8.73. The standard InChI is InChI=1S/C20H30/c1-2-5-14-12(4-1)17-10-18(17)20-16-9-8-13(16)11-6-3-7-15(11)19(14)20/h11-20H,1-10H2. The van der Waals surface area contributed by atoms with Crippen molar-refractivity contribution in [1.82, 2.24) is 0 Å². The van der Waals surface area contributed by atoms with Gasteiger partial charge in [-0.05, 0) is 104 Å². The molecule has 0 N–H and O–H groups in total. The Bertz CT molecular complexity index is 426. The highest BCUT2D eigenvalue weighted by Crippen LogP contribution is 2.73. The van der Waals surface area contributed by atoms with Gasteiger partial charge in [0.25, 0.3) is 0 Å². The minimum Gasteiger partial charge on any atom is -0.0530 e. The monoisotopic (exact) mass is 270 g/mol. The summed E-state index contributed by atoms with van der Waals surface area (Å²) in [5, 5.41) is 0. The van der Waals surface area contributed by atoms with E-state index in [1.54, 1.807) is 64.2 Å². The van der Waals surface area contributed by atoms with Gasteiger partial charge >= 0.3 is 0 Å². The molecule has 0 saturated heterocycles. The van der Waals surface area contributed by atoms with Crippen LogP contribution in [0.25, 0.3) is 0 Å². The predicted molar refractivity (Wildman–Crippen MR) is 81.1 cm³/mol. The molecule has 6 rings (SSSR count). The zero-order chi connectivity index (χ0) is 12.8. The van der Waals surface area contributed by atoms with Crippen molar-refractivity contribution in [1.29, 1.82) is 0 Å². The van der Waals surface area contributed by atoms with Crippen molar-refractivity contribution in [3.8, 4) is 0 Å². The summed E-state index contributed by atoms with van der Waals surface area (Å²) in [5.41, 5.74) is 0. The van der Waals surface area contributed by atoms with Crippen molar-refractivity contribution in [2.24, 2.45) is 59.2 Å². The number of hydrogen-bond acceptors (Lipinski definition) is 0. The van der Waals surface area contributed by atoms with E-state index in [9.17, 15) is 0 Å². The lowest BCUT2D eigenvalue weighted by Crippen LogP contribution is -2.55. The number of hydrogen-bond donors (Lipinski definition) is 0. The first-order valence-corrected chi connectivity index (χ1v) is 9.93. The second-order valence-corrected chi connectivity index (χ2v) is 9.49. The fraction of sp³-hybridized carbons (Fsp3) is 1.00. The van der Waals surface area contributed by atoms with Gasteiger partial charge in [-0.25, -0.2) is 0 Å². The molecule has 0 aliphatic heterocycles. The molecule has 0 bridgehead atoms. The maximum atomic E-state index is 1.67. The van der Waals surface area contributed by atoms with Crippen LogP contribution in [0.15, 0.2) is 0 Å². The second-order valence-electron chi connectivity index (χ2n) is 9.49. The topological polar surface area (TPSA) is 0 Å². The Morgan fingerprint density at radius 3 is 1.65 bits per heavy atom. The molecule has 0 aromatic rings. The third kappa shape index (κ3) is 1.27. The van der Waals surface area contributed by atoms with Gasteiger partial charge in [-0.2, -0.15) is 0 Å². The first-order valence-electron chi connectivity index (χ1n) is 9.93. The van der Waals surface area contributed by atoms with Crippen LogP contribution in [-0.2, 0) is 0 Å². The third-order valence-electron chi connectivity index (χ3n) is 9.30. The summed E-state index contributed by atoms with van der Waals surface area (Å²) in [5.74, 6) is 12.1. The summed E-state index contributed by atoms with van der Waals surface area (Å²) in [7, 11) is 0. The van der Waals surface area contributed by atoms with E-state index in [2.05, 4.69) is 0 Å². The lowest BCUT2D eigenvalue weighted by Gasteiger charge is -2.61. The predicted octanol–water partition coefficient (Wildman–Crippen LogP) is 5.13. The van der Waals surface area contributed by atoms with Crippen molar-refractivity contribution in [3.63, 3.8) is 0 Å². The summed E-state index contributed by atoms with van der Waals surface area (Å²) in [4.78, 5) is 0. The average Bonchev–Trinajstić information content (AvgIpc) is 3.11. The highest BCUT2D eigenvalue weighted by molar-refractivity contribution is 5.15. The van der Waals surface area contributed by atoms with Gasteiger partial charge in [0.2, 0.25) is 0 Å². The maximum absolute atomic E-state index is 1.67. The Morgan fingerprint density at radius 1 is 0.350 bits per heavy atom. The molecule has 6 aliphatic rings. The average molecular weight is 270 g/mol. The Balaban J connectivity index is 1.42. The Labute approximate surface area is 124 Å². The summed E-state index contributed by atoms with van der Waals surface area (Å²) in [6.07, 6.45) is 16.2. The smallest absolute Gasteiger partial charge is 0.0318 e. The Hall–Kier alpha value is 0. The minimum atomic E-state index is 1.20. The van der Waals surface area contributed by atoms with Gasteiger partial charge in [-0.3, -0.25) is 0 Å². The zero-order valence-corrected chi connectivity index (χ0v) is 12.8. The van der Waals surface area contributed by atoms with Crippen LogP contribution in [0, 0.1) is 59.2 Å². The molecule has 0 heterocycles. The molecule has 20 heavy (non-hydrogen) atoms. The van der Waals surface area contributed by atoms with Gasteiger partial charge in [0.05, 0.1) is 0 Å². The molecule has 0 heteroatoms. The summed E-state index contributed by atoms with van der Waals surface area (Å²) in [6.45, 7) is 0. The highest BCUT2D eigenvalue weighted by atomic mass is 14.7. The van der Waals surface area contributed by atoms with Gasteiger partial charge in [-0.15, -0.1) is 0 Å². The van der Waals surface area contributed by atoms with Crippen molar-refractivity contribution in [2.45, 2.75) is 64.2 Å². The van der Waals surface area contributed by atoms with Gasteiger partial charge in [0.1, 0.15) is 0 Å². The SMILES string of the molecule is C1CCC2C(C1)C1CC1C1C3CCC3C3CCCC3C21. The van der Waals surface area contributed by atoms with E-state index < -0.39 is 0 Å². The molecule has 0 aromatic carbocycles. The minimum absolute atomic E-state index is 1.20. The van der Waals surface area contributed by atoms with Crippen LogP contribution in [-0.4, -0.2) is 0 Å². The van der Waals surface area contributed by atoms with Crippen molar-refractivity contribution >= 4 is 0 Å². The quantitative estimate of drug-likeness (QED) is 0.572. The van der Waals surface area contributed by atoms with Crippen LogP contribution in [0.3, 0.4) is 0 Å². The third-order valence-corrected chi connectivity index (χ3v) is 9.30. The highest BCUT2D eigenvalue weighted by Gasteiger charge is 2.66. The van der Waals surface area contributed by atoms with Crippen LogP contribution in [0.2, 0.25) is 0 Å². The molecule has 110 valence electrons. The van der Waals surface area contributed by atoms with Crippen molar-refractivity contribution < 1.29 is 0 Å². The summed E-state index contributed by atoms with van der Waals surface area (Å²) >= 11 is 0. The van der Waals surface area contributed by atoms with E-state index in [0.717, 1.165) is 0 Å². The first-order chi connectivity index (χ1) is 9.93. The van der Waals surface area contributed by atoms with E-state index in [0.29, 0.717) is 0 Å². The second kappa shape index (κ2) is 3.85. The molecular formula is C20H30. The first kappa shape index (κ1) is 11.6. The van der Waals surface area contributed by atoms with Crippen LogP contribution in [0.4, 0.5) is 0 Å². The van der Waals surface area contributed by atoms with Crippen LogP contribution < -0.4 is 0 Å². The van der Waals surface area contributed by atoms with Crippen molar-refractivity contribution in [3.05, 3.63) is 0 Å². The van der Waals surface area contributed by atoms with Crippen LogP contribution in [0.5, 0.6) is 0 Å². The van der Waals surface area contributed by atoms with E-state index in [4.69, 9.17) is 0 Å². The van der Waals surface area contributed by atoms with E-state index in [1.807, 2.05) is 0 Å². The fourth-order valence-corrected chi connectivity index (χ4v) is 8.73. The normalized spacial score (nSPS) is 66.0. The van der Waals surface area contributed by atoms with Crippen LogP contribution >= 0.6 is 0 Å². The molecule has 10 unspecified atom stereocenters. The van der Waals surface area contributed by atoms with E-state index in [1.165, 1.54) is 59.2 Å². The lowest BCUT2D eigenvalue weighted by atomic mass is 9.44. The number of rotatable bonds is 0. The van der Waals surface area contributed by atoms with Gasteiger partial charge in [0, 0.05) is 0 Å². The maximum Gasteiger partial charge on any atom is -0.0318 e. The lowest BCUT2D eigenvalue weighted by molar-refractivity contribution is -0.130. The summed E-state index contributed by atoms with van der Waals surface area (Å²) < 4.78 is 0. The Kier molecular flexibility index (Phi) is 2.22. The molecule has 6 aliphatic carbocycles. The zero-order valence-electron chi connectivity index (χ0n) is 12.8. The largest absolute Gasteiger partial charge is 0.0530 e. The molecular weight excluding hydrogens is 240 g/mol. The molecule has 6 fully saturated rings. The molecule has 0 amide bonds. The molecule has 6 saturated carbocycles. The Morgan fingerprint density at radius 2 is 0.850 bits per heavy atom.